The molecule has 0 saturated heterocycles. The predicted octanol–water partition coefficient (Wildman–Crippen LogP) is 5.03. The normalized spacial score (nSPS) is 9.68. The first-order valence-corrected chi connectivity index (χ1v) is 10.3. The lowest BCUT2D eigenvalue weighted by atomic mass is 10.1. The maximum Gasteiger partial charge on any atom is 0.373 e. The van der Waals surface area contributed by atoms with Crippen LogP contribution in [0.15, 0.2) is 47.8 Å². The molecule has 3 aromatic rings. The molecule has 0 unspecified atom stereocenters. The summed E-state index contributed by atoms with van der Waals surface area (Å²) in [5.74, 6) is -0.115. The van der Waals surface area contributed by atoms with Gasteiger partial charge in [0.2, 0.25) is 0 Å². The lowest BCUT2D eigenvalue weighted by Gasteiger charge is -2.11. The molecule has 1 heterocycles. The second-order valence-corrected chi connectivity index (χ2v) is 7.80. The van der Waals surface area contributed by atoms with Crippen molar-refractivity contribution in [2.75, 3.05) is 10.6 Å². The van der Waals surface area contributed by atoms with Crippen molar-refractivity contribution in [1.29, 1.82) is 0 Å². The molecule has 0 spiro atoms. The van der Waals surface area contributed by atoms with Crippen molar-refractivity contribution in [3.8, 4) is 0 Å². The highest BCUT2D eigenvalue weighted by atomic mass is 127. The number of hydrogen-bond acceptors (Lipinski definition) is 6. The third kappa shape index (κ3) is 6.26. The molecule has 0 fully saturated rings. The molecular weight excluding hydrogens is 489 g/mol. The van der Waals surface area contributed by atoms with Gasteiger partial charge in [-0.25, -0.2) is 4.98 Å². The van der Waals surface area contributed by atoms with Gasteiger partial charge in [-0.05, 0) is 71.8 Å². The van der Waals surface area contributed by atoms with E-state index in [9.17, 15) is 4.79 Å². The minimum Gasteiger partial charge on any atom is -0.331 e. The summed E-state index contributed by atoms with van der Waals surface area (Å²) in [5.41, 5.74) is 4.52. The molecule has 28 heavy (non-hydrogen) atoms. The van der Waals surface area contributed by atoms with Gasteiger partial charge in [-0.15, -0.1) is 11.3 Å². The van der Waals surface area contributed by atoms with E-state index in [1.165, 1.54) is 0 Å². The van der Waals surface area contributed by atoms with E-state index in [-0.39, 0.29) is 12.1 Å². The third-order valence-electron chi connectivity index (χ3n) is 3.74. The Morgan fingerprint density at radius 3 is 2.61 bits per heavy atom. The van der Waals surface area contributed by atoms with Crippen LogP contribution in [0.5, 0.6) is 0 Å². The van der Waals surface area contributed by atoms with Crippen molar-refractivity contribution in [3.63, 3.8) is 0 Å². The average molecular weight is 507 g/mol. The minimum absolute atomic E-state index is 0.115. The number of carbonyl (C=O) groups is 1. The van der Waals surface area contributed by atoms with Gasteiger partial charge in [0.15, 0.2) is 5.13 Å². The first-order chi connectivity index (χ1) is 13.5. The van der Waals surface area contributed by atoms with Gasteiger partial charge in [0.1, 0.15) is 0 Å². The highest BCUT2D eigenvalue weighted by Crippen LogP contribution is 2.26. The molecule has 6 nitrogen and oxygen atoms in total. The van der Waals surface area contributed by atoms with E-state index in [0.717, 1.165) is 37.8 Å². The van der Waals surface area contributed by atoms with Crippen molar-refractivity contribution in [3.05, 3.63) is 68.2 Å². The van der Waals surface area contributed by atoms with Crippen molar-refractivity contribution in [1.82, 2.24) is 4.98 Å². The molecule has 0 atom stereocenters. The summed E-state index contributed by atoms with van der Waals surface area (Å²) in [6.07, 6.45) is 1.17. The van der Waals surface area contributed by atoms with Crippen LogP contribution in [-0.2, 0) is 16.0 Å². The fourth-order valence-electron chi connectivity index (χ4n) is 2.31. The molecule has 0 aliphatic heterocycles. The number of nitrogens with zero attached hydrogens (tertiary/aromatic N) is 1. The number of hydrogen-bond donors (Lipinski definition) is 2. The SMILES string of the molecule is CCc1csc(Nc2cc(NC(=O)c3cccc(I)c3)ccc2C)n1.O=C=O. The number of benzene rings is 2. The summed E-state index contributed by atoms with van der Waals surface area (Å²) in [6, 6.07) is 13.4. The van der Waals surface area contributed by atoms with Gasteiger partial charge in [0, 0.05) is 25.9 Å². The summed E-state index contributed by atoms with van der Waals surface area (Å²) in [6.45, 7) is 4.12. The third-order valence-corrected chi connectivity index (χ3v) is 5.22. The lowest BCUT2D eigenvalue weighted by Crippen LogP contribution is -2.12. The Labute approximate surface area is 180 Å². The number of aryl methyl sites for hydroxylation is 2. The monoisotopic (exact) mass is 507 g/mol. The quantitative estimate of drug-likeness (QED) is 0.473. The summed E-state index contributed by atoms with van der Waals surface area (Å²) in [5, 5.41) is 9.22. The number of aromatic nitrogens is 1. The van der Waals surface area contributed by atoms with Gasteiger partial charge in [0.05, 0.1) is 5.69 Å². The van der Waals surface area contributed by atoms with E-state index in [2.05, 4.69) is 50.5 Å². The van der Waals surface area contributed by atoms with E-state index in [4.69, 9.17) is 9.59 Å². The highest BCUT2D eigenvalue weighted by molar-refractivity contribution is 14.1. The first-order valence-electron chi connectivity index (χ1n) is 8.35. The fraction of sp³-hybridized carbons (Fsp3) is 0.150. The van der Waals surface area contributed by atoms with E-state index in [1.807, 2.05) is 49.4 Å². The van der Waals surface area contributed by atoms with Gasteiger partial charge >= 0.3 is 6.15 Å². The van der Waals surface area contributed by atoms with Crippen LogP contribution >= 0.6 is 33.9 Å². The molecule has 2 N–H and O–H groups in total. The second-order valence-electron chi connectivity index (χ2n) is 5.70. The van der Waals surface area contributed by atoms with Gasteiger partial charge in [-0.3, -0.25) is 4.79 Å². The molecule has 0 aliphatic rings. The van der Waals surface area contributed by atoms with Crippen LogP contribution in [0.4, 0.5) is 16.5 Å². The summed E-state index contributed by atoms with van der Waals surface area (Å²) >= 11 is 3.79. The van der Waals surface area contributed by atoms with Crippen LogP contribution in [0.25, 0.3) is 0 Å². The Morgan fingerprint density at radius 1 is 1.21 bits per heavy atom. The van der Waals surface area contributed by atoms with E-state index in [0.29, 0.717) is 5.56 Å². The van der Waals surface area contributed by atoms with Crippen LogP contribution in [0.3, 0.4) is 0 Å². The second kappa shape index (κ2) is 10.7. The minimum atomic E-state index is -0.115. The van der Waals surface area contributed by atoms with Crippen molar-refractivity contribution >= 4 is 62.5 Å². The number of carbonyl (C=O) groups excluding carboxylic acids is 3. The van der Waals surface area contributed by atoms with Crippen LogP contribution in [-0.4, -0.2) is 17.0 Å². The molecule has 1 amide bonds. The molecule has 0 aliphatic carbocycles. The van der Waals surface area contributed by atoms with Crippen LogP contribution in [0.2, 0.25) is 0 Å². The van der Waals surface area contributed by atoms with Crippen LogP contribution in [0.1, 0.15) is 28.5 Å². The van der Waals surface area contributed by atoms with E-state index < -0.39 is 0 Å². The van der Waals surface area contributed by atoms with Crippen molar-refractivity contribution < 1.29 is 14.4 Å². The number of amides is 1. The maximum atomic E-state index is 12.4. The van der Waals surface area contributed by atoms with Crippen LogP contribution < -0.4 is 10.6 Å². The van der Waals surface area contributed by atoms with E-state index >= 15 is 0 Å². The zero-order valence-electron chi connectivity index (χ0n) is 15.3. The molecule has 144 valence electrons. The van der Waals surface area contributed by atoms with Gasteiger partial charge in [-0.2, -0.15) is 9.59 Å². The predicted molar refractivity (Wildman–Crippen MR) is 118 cm³/mol. The molecule has 0 saturated carbocycles. The topological polar surface area (TPSA) is 88.2 Å². The fourth-order valence-corrected chi connectivity index (χ4v) is 3.66. The molecule has 0 radical (unpaired) electrons. The van der Waals surface area contributed by atoms with Crippen molar-refractivity contribution in [2.24, 2.45) is 0 Å². The molecule has 0 bridgehead atoms. The van der Waals surface area contributed by atoms with Gasteiger partial charge in [0.25, 0.3) is 5.91 Å². The van der Waals surface area contributed by atoms with Gasteiger partial charge < -0.3 is 10.6 Å². The number of nitrogens with one attached hydrogen (secondary N) is 2. The molecular formula is C20H18IN3O3S. The Balaban J connectivity index is 0.000000878. The Hall–Kier alpha value is -2.55. The number of thiazole rings is 1. The summed E-state index contributed by atoms with van der Waals surface area (Å²) in [4.78, 5) is 33.2. The van der Waals surface area contributed by atoms with Crippen molar-refractivity contribution in [2.45, 2.75) is 20.3 Å². The summed E-state index contributed by atoms with van der Waals surface area (Å²) < 4.78 is 1.03. The summed E-state index contributed by atoms with van der Waals surface area (Å²) in [7, 11) is 0. The highest BCUT2D eigenvalue weighted by Gasteiger charge is 2.09. The first kappa shape index (κ1) is 21.7. The number of anilines is 3. The van der Waals surface area contributed by atoms with E-state index in [1.54, 1.807) is 11.3 Å². The number of halogens is 1. The zero-order valence-corrected chi connectivity index (χ0v) is 18.3. The largest absolute Gasteiger partial charge is 0.373 e. The molecule has 1 aromatic heterocycles. The number of rotatable bonds is 5. The standard InChI is InChI=1S/C19H18IN3OS.CO2/c1-3-15-11-25-19(22-15)23-17-10-16(8-7-12(17)2)21-18(24)13-5-4-6-14(20)9-13;2-1-3/h4-11H,3H2,1-2H3,(H,21,24)(H,22,23);. The van der Waals surface area contributed by atoms with Gasteiger partial charge in [-0.1, -0.05) is 19.1 Å². The molecule has 2 aromatic carbocycles. The zero-order chi connectivity index (χ0) is 20.5. The molecule has 3 rings (SSSR count). The molecule has 8 heteroatoms. The average Bonchev–Trinajstić information content (AvgIpc) is 3.13. The Kier molecular flexibility index (Phi) is 8.31. The van der Waals surface area contributed by atoms with Crippen LogP contribution in [0, 0.1) is 10.5 Å². The maximum absolute atomic E-state index is 12.4. The smallest absolute Gasteiger partial charge is 0.331 e. The Bertz CT molecular complexity index is 998. The Morgan fingerprint density at radius 2 is 1.96 bits per heavy atom. The lowest BCUT2D eigenvalue weighted by molar-refractivity contribution is -0.191.